The van der Waals surface area contributed by atoms with Crippen LogP contribution in [0.2, 0.25) is 0 Å². The average molecular weight is 392 g/mol. The van der Waals surface area contributed by atoms with Crippen LogP contribution >= 0.6 is 0 Å². The number of nitrogens with zero attached hydrogens (tertiary/aromatic N) is 2. The normalized spacial score (nSPS) is 17.1. The number of nitrogen functional groups attached to an aromatic ring is 1. The molecule has 2 amide bonds. The molecule has 1 aliphatic carbocycles. The molecule has 1 aliphatic rings. The Bertz CT molecular complexity index is 629. The average Bonchev–Trinajstić information content (AvgIpc) is 2.68. The Kier molecular flexibility index (Phi) is 8.66. The van der Waals surface area contributed by atoms with Crippen LogP contribution in [0.4, 0.5) is 5.82 Å². The first-order valence-electron chi connectivity index (χ1n) is 9.96. The molecule has 0 radical (unpaired) electrons. The number of hydrogen-bond donors (Lipinski definition) is 4. The van der Waals surface area contributed by atoms with Gasteiger partial charge in [-0.15, -0.1) is 0 Å². The number of anilines is 1. The molecule has 156 valence electrons. The minimum absolute atomic E-state index is 0.216. The molecule has 2 atom stereocenters. The van der Waals surface area contributed by atoms with Crippen molar-refractivity contribution >= 4 is 17.6 Å². The fraction of sp³-hybridized carbons (Fsp3) is 0.650. The maximum Gasteiger partial charge on any atom is 0.242 e. The van der Waals surface area contributed by atoms with Crippen molar-refractivity contribution in [3.63, 3.8) is 0 Å². The van der Waals surface area contributed by atoms with Gasteiger partial charge in [-0.1, -0.05) is 38.2 Å². The predicted molar refractivity (Wildman–Crippen MR) is 108 cm³/mol. The number of pyridine rings is 1. The van der Waals surface area contributed by atoms with Crippen LogP contribution in [0.3, 0.4) is 0 Å². The Morgan fingerprint density at radius 3 is 2.54 bits per heavy atom. The summed E-state index contributed by atoms with van der Waals surface area (Å²) < 4.78 is 0. The highest BCUT2D eigenvalue weighted by Gasteiger charge is 2.29. The summed E-state index contributed by atoms with van der Waals surface area (Å²) in [5.74, 6) is 0.301. The largest absolute Gasteiger partial charge is 0.394 e. The van der Waals surface area contributed by atoms with E-state index in [1.165, 1.54) is 19.3 Å². The van der Waals surface area contributed by atoms with Crippen molar-refractivity contribution in [2.24, 2.45) is 5.92 Å². The molecule has 0 bridgehead atoms. The fourth-order valence-corrected chi connectivity index (χ4v) is 3.59. The molecule has 2 rings (SSSR count). The van der Waals surface area contributed by atoms with Gasteiger partial charge in [0.15, 0.2) is 0 Å². The van der Waals surface area contributed by atoms with Gasteiger partial charge >= 0.3 is 0 Å². The number of aliphatic hydroxyl groups excluding tert-OH is 1. The van der Waals surface area contributed by atoms with E-state index in [-0.39, 0.29) is 18.4 Å². The van der Waals surface area contributed by atoms with E-state index in [1.54, 1.807) is 31.3 Å². The van der Waals surface area contributed by atoms with E-state index in [1.807, 2.05) is 6.07 Å². The summed E-state index contributed by atoms with van der Waals surface area (Å²) in [5.41, 5.74) is 6.42. The van der Waals surface area contributed by atoms with Crippen LogP contribution in [0.25, 0.3) is 0 Å². The van der Waals surface area contributed by atoms with E-state index in [0.717, 1.165) is 18.4 Å². The van der Waals surface area contributed by atoms with Crippen LogP contribution < -0.4 is 16.4 Å². The predicted octanol–water partition coefficient (Wildman–Crippen LogP) is 0.658. The maximum atomic E-state index is 12.8. The highest BCUT2D eigenvalue weighted by molar-refractivity contribution is 5.89. The van der Waals surface area contributed by atoms with Crippen molar-refractivity contribution in [2.75, 3.05) is 26.4 Å². The van der Waals surface area contributed by atoms with Crippen LogP contribution in [-0.2, 0) is 16.1 Å². The number of likely N-dealkylation sites (N-methyl/N-ethyl adjacent to an activating group) is 1. The third kappa shape index (κ3) is 6.76. The number of aliphatic hydroxyl groups is 1. The lowest BCUT2D eigenvalue weighted by Crippen LogP contribution is -2.54. The highest BCUT2D eigenvalue weighted by atomic mass is 16.3. The van der Waals surface area contributed by atoms with Crippen molar-refractivity contribution in [3.05, 3.63) is 23.9 Å². The number of carbonyl (C=O) groups is 2. The minimum atomic E-state index is -0.678. The number of hydrogen-bond acceptors (Lipinski definition) is 6. The minimum Gasteiger partial charge on any atom is -0.394 e. The second-order valence-electron chi connectivity index (χ2n) is 7.77. The molecule has 0 saturated heterocycles. The summed E-state index contributed by atoms with van der Waals surface area (Å²) in [6.07, 6.45) is 7.97. The van der Waals surface area contributed by atoms with E-state index in [0.29, 0.717) is 24.7 Å². The van der Waals surface area contributed by atoms with Crippen LogP contribution in [0.15, 0.2) is 18.3 Å². The van der Waals surface area contributed by atoms with Crippen LogP contribution in [0.5, 0.6) is 0 Å². The zero-order valence-electron chi connectivity index (χ0n) is 16.9. The van der Waals surface area contributed by atoms with Gasteiger partial charge < -0.3 is 21.5 Å². The van der Waals surface area contributed by atoms with E-state index in [4.69, 9.17) is 5.73 Å². The quantitative estimate of drug-likeness (QED) is 0.491. The molecule has 1 aromatic heterocycles. The molecule has 1 fully saturated rings. The summed E-state index contributed by atoms with van der Waals surface area (Å²) in [7, 11) is 3.45. The zero-order chi connectivity index (χ0) is 20.5. The third-order valence-corrected chi connectivity index (χ3v) is 5.34. The lowest BCUT2D eigenvalue weighted by molar-refractivity contribution is -0.132. The van der Waals surface area contributed by atoms with Crippen LogP contribution in [0, 0.1) is 5.92 Å². The van der Waals surface area contributed by atoms with Gasteiger partial charge in [0.1, 0.15) is 17.9 Å². The molecule has 8 heteroatoms. The number of nitrogens with two attached hydrogens (primary N) is 1. The lowest BCUT2D eigenvalue weighted by atomic mass is 9.84. The number of rotatable bonds is 9. The number of carbonyl (C=O) groups excluding carboxylic acids is 2. The fourth-order valence-electron chi connectivity index (χ4n) is 3.59. The molecule has 1 saturated carbocycles. The molecule has 8 nitrogen and oxygen atoms in total. The van der Waals surface area contributed by atoms with Gasteiger partial charge in [-0.25, -0.2) is 4.98 Å². The molecule has 0 unspecified atom stereocenters. The number of aromatic nitrogens is 1. The lowest BCUT2D eigenvalue weighted by Gasteiger charge is -2.29. The Morgan fingerprint density at radius 1 is 1.25 bits per heavy atom. The number of nitrogens with one attached hydrogen (secondary N) is 2. The molecular formula is C20H33N5O3. The third-order valence-electron chi connectivity index (χ3n) is 5.34. The van der Waals surface area contributed by atoms with Crippen molar-refractivity contribution in [3.8, 4) is 0 Å². The molecule has 0 aliphatic heterocycles. The summed E-state index contributed by atoms with van der Waals surface area (Å²) in [6, 6.07) is 2.20. The monoisotopic (exact) mass is 391 g/mol. The maximum absolute atomic E-state index is 12.8. The molecule has 28 heavy (non-hydrogen) atoms. The summed E-state index contributed by atoms with van der Waals surface area (Å²) in [4.78, 5) is 31.1. The van der Waals surface area contributed by atoms with Crippen LogP contribution in [-0.4, -0.2) is 59.6 Å². The van der Waals surface area contributed by atoms with Gasteiger partial charge in [0.25, 0.3) is 0 Å². The van der Waals surface area contributed by atoms with Gasteiger partial charge in [-0.05, 0) is 38.1 Å². The van der Waals surface area contributed by atoms with Gasteiger partial charge in [0, 0.05) is 12.7 Å². The smallest absolute Gasteiger partial charge is 0.242 e. The van der Waals surface area contributed by atoms with Gasteiger partial charge in [0.05, 0.1) is 6.61 Å². The zero-order valence-corrected chi connectivity index (χ0v) is 16.9. The Morgan fingerprint density at radius 2 is 1.96 bits per heavy atom. The van der Waals surface area contributed by atoms with Gasteiger partial charge in [0.2, 0.25) is 11.8 Å². The van der Waals surface area contributed by atoms with Crippen molar-refractivity contribution in [1.82, 2.24) is 20.5 Å². The Labute approximate surface area is 166 Å². The Balaban J connectivity index is 2.01. The first kappa shape index (κ1) is 22.1. The van der Waals surface area contributed by atoms with E-state index < -0.39 is 12.1 Å². The van der Waals surface area contributed by atoms with Crippen LogP contribution in [0.1, 0.15) is 44.1 Å². The van der Waals surface area contributed by atoms with Gasteiger partial charge in [-0.3, -0.25) is 14.5 Å². The van der Waals surface area contributed by atoms with Gasteiger partial charge in [-0.2, -0.15) is 0 Å². The Hall–Kier alpha value is -2.19. The topological polar surface area (TPSA) is 121 Å². The number of amides is 2. The van der Waals surface area contributed by atoms with E-state index in [2.05, 4.69) is 15.6 Å². The second-order valence-corrected chi connectivity index (χ2v) is 7.77. The highest BCUT2D eigenvalue weighted by Crippen LogP contribution is 2.27. The van der Waals surface area contributed by atoms with Crippen molar-refractivity contribution in [2.45, 2.75) is 57.2 Å². The molecule has 0 aromatic carbocycles. The molecule has 1 aromatic rings. The summed E-state index contributed by atoms with van der Waals surface area (Å²) in [5, 5.41) is 15.2. The first-order valence-corrected chi connectivity index (χ1v) is 9.96. The molecule has 5 N–H and O–H groups in total. The second kappa shape index (κ2) is 11.0. The molecular weight excluding hydrogens is 358 g/mol. The first-order chi connectivity index (χ1) is 13.4. The molecule has 1 heterocycles. The molecule has 0 spiro atoms. The van der Waals surface area contributed by atoms with Crippen molar-refractivity contribution < 1.29 is 14.7 Å². The standard InChI is InChI=1S/C20H33N5O3/c1-25(2)17(13-26)20(28)24-16(10-14-6-4-3-5-7-14)19(27)23-12-15-8-9-18(21)22-11-15/h8-9,11,14,16-17,26H,3-7,10,12-13H2,1-2H3,(H2,21,22)(H,23,27)(H,24,28)/t16-,17-/m0/s1. The SMILES string of the molecule is CN(C)[C@@H](CO)C(=O)N[C@@H](CC1CCCCC1)C(=O)NCc1ccc(N)nc1. The summed E-state index contributed by atoms with van der Waals surface area (Å²) >= 11 is 0. The van der Waals surface area contributed by atoms with E-state index in [9.17, 15) is 14.7 Å². The van der Waals surface area contributed by atoms with E-state index >= 15 is 0 Å². The summed E-state index contributed by atoms with van der Waals surface area (Å²) in [6.45, 7) is 0.0218. The van der Waals surface area contributed by atoms with Crippen molar-refractivity contribution in [1.29, 1.82) is 0 Å².